The lowest BCUT2D eigenvalue weighted by Gasteiger charge is -2.26. The number of aromatic nitrogens is 1. The lowest BCUT2D eigenvalue weighted by molar-refractivity contribution is 0.0306. The van der Waals surface area contributed by atoms with Gasteiger partial charge in [0.2, 0.25) is 10.0 Å². The molecule has 210 valence electrons. The number of carbonyl (C=O) groups is 1. The average Bonchev–Trinajstić information content (AvgIpc) is 3.39. The van der Waals surface area contributed by atoms with Crippen LogP contribution in [0, 0.1) is 11.6 Å². The minimum atomic E-state index is -3.64. The summed E-state index contributed by atoms with van der Waals surface area (Å²) in [5.41, 5.74) is 0.665. The van der Waals surface area contributed by atoms with Crippen LogP contribution in [0.2, 0.25) is 0 Å². The largest absolute Gasteiger partial charge is 0.454 e. The van der Waals surface area contributed by atoms with E-state index in [2.05, 4.69) is 4.72 Å². The van der Waals surface area contributed by atoms with Crippen LogP contribution in [0.3, 0.4) is 0 Å². The minimum Gasteiger partial charge on any atom is -0.454 e. The van der Waals surface area contributed by atoms with Crippen LogP contribution in [-0.4, -0.2) is 55.8 Å². The summed E-state index contributed by atoms with van der Waals surface area (Å²) in [5.74, 6) is -2.22. The summed E-state index contributed by atoms with van der Waals surface area (Å²) in [6.07, 6.45) is 1.54. The number of benzene rings is 2. The summed E-state index contributed by atoms with van der Waals surface area (Å²) in [6, 6.07) is 8.91. The number of ether oxygens (including phenoxy) is 2. The number of carbonyl (C=O) groups excluding carboxylic acids is 1. The second kappa shape index (κ2) is 11.0. The van der Waals surface area contributed by atoms with Crippen molar-refractivity contribution in [2.75, 3.05) is 36.8 Å². The summed E-state index contributed by atoms with van der Waals surface area (Å²) in [6.45, 7) is 3.19. The molecule has 40 heavy (non-hydrogen) atoms. The first-order chi connectivity index (χ1) is 19.1. The Morgan fingerprint density at radius 2 is 1.80 bits per heavy atom. The number of nitrogens with one attached hydrogen (secondary N) is 1. The number of rotatable bonds is 7. The summed E-state index contributed by atoms with van der Waals surface area (Å²) >= 11 is 1.06. The monoisotopic (exact) mass is 589 g/mol. The van der Waals surface area contributed by atoms with Crippen molar-refractivity contribution in [1.82, 2.24) is 9.47 Å². The van der Waals surface area contributed by atoms with E-state index in [1.165, 1.54) is 29.7 Å². The van der Waals surface area contributed by atoms with Gasteiger partial charge in [-0.15, -0.1) is 11.3 Å². The molecule has 1 aliphatic rings. The molecule has 0 aliphatic carbocycles. The van der Waals surface area contributed by atoms with Gasteiger partial charge in [-0.1, -0.05) is 0 Å². The minimum absolute atomic E-state index is 0.122. The van der Waals surface area contributed by atoms with Crippen molar-refractivity contribution in [2.24, 2.45) is 7.05 Å². The van der Waals surface area contributed by atoms with Crippen molar-refractivity contribution < 1.29 is 31.5 Å². The van der Waals surface area contributed by atoms with Gasteiger partial charge in [0.15, 0.2) is 11.6 Å². The molecule has 3 heterocycles. The molecule has 0 unspecified atom stereocenters. The molecule has 5 rings (SSSR count). The van der Waals surface area contributed by atoms with Crippen LogP contribution >= 0.6 is 11.3 Å². The molecule has 1 saturated heterocycles. The number of anilines is 1. The normalized spacial score (nSPS) is 13.9. The number of thiophene rings is 1. The molecule has 9 nitrogen and oxygen atoms in total. The number of hydrogen-bond donors (Lipinski definition) is 1. The van der Waals surface area contributed by atoms with E-state index >= 15 is 0 Å². The van der Waals surface area contributed by atoms with E-state index in [1.807, 2.05) is 0 Å². The fraction of sp³-hybridized carbons (Fsp3) is 0.259. The number of halogens is 2. The van der Waals surface area contributed by atoms with Crippen LogP contribution < -0.4 is 15.0 Å². The maximum atomic E-state index is 14.5. The molecule has 1 fully saturated rings. The van der Waals surface area contributed by atoms with E-state index in [0.717, 1.165) is 23.5 Å². The fourth-order valence-electron chi connectivity index (χ4n) is 4.30. The quantitative estimate of drug-likeness (QED) is 0.339. The third-order valence-corrected chi connectivity index (χ3v) is 8.82. The van der Waals surface area contributed by atoms with Crippen molar-refractivity contribution in [1.29, 1.82) is 0 Å². The molecule has 1 N–H and O–H groups in total. The Labute approximate surface area is 232 Å². The predicted molar refractivity (Wildman–Crippen MR) is 149 cm³/mol. The highest BCUT2D eigenvalue weighted by molar-refractivity contribution is 7.92. The molecular formula is C27H25F2N3O6S2. The van der Waals surface area contributed by atoms with Crippen LogP contribution in [0.15, 0.2) is 53.5 Å². The predicted octanol–water partition coefficient (Wildman–Crippen LogP) is 4.57. The van der Waals surface area contributed by atoms with Gasteiger partial charge in [0.25, 0.3) is 11.5 Å². The van der Waals surface area contributed by atoms with Gasteiger partial charge in [-0.05, 0) is 43.3 Å². The van der Waals surface area contributed by atoms with Crippen molar-refractivity contribution in [3.05, 3.63) is 75.5 Å². The van der Waals surface area contributed by atoms with Gasteiger partial charge < -0.3 is 18.9 Å². The van der Waals surface area contributed by atoms with Crippen LogP contribution in [0.25, 0.3) is 21.2 Å². The van der Waals surface area contributed by atoms with Crippen molar-refractivity contribution >= 4 is 43.0 Å². The first kappa shape index (κ1) is 27.7. The number of amides is 1. The number of morpholine rings is 1. The standard InChI is InChI=1S/C27H25F2N3O6S2/c1-3-40(35,36)30-17-5-7-22(38-23-6-4-16(28)12-21(23)29)18(13-17)20-15-31(2)27(34)25-19(20)14-24(39-25)26(33)32-8-10-37-11-9-32/h4-7,12-15,30H,3,8-11H2,1-2H3. The number of hydrogen-bond acceptors (Lipinski definition) is 7. The van der Waals surface area contributed by atoms with Gasteiger partial charge in [0.1, 0.15) is 16.3 Å². The van der Waals surface area contributed by atoms with Gasteiger partial charge >= 0.3 is 0 Å². The second-order valence-corrected chi connectivity index (χ2v) is 12.2. The van der Waals surface area contributed by atoms with Gasteiger partial charge in [0, 0.05) is 54.6 Å². The fourth-order valence-corrected chi connectivity index (χ4v) is 6.05. The lowest BCUT2D eigenvalue weighted by Crippen LogP contribution is -2.40. The molecule has 4 aromatic rings. The van der Waals surface area contributed by atoms with Gasteiger partial charge in [-0.3, -0.25) is 14.3 Å². The van der Waals surface area contributed by atoms with E-state index in [-0.39, 0.29) is 34.4 Å². The summed E-state index contributed by atoms with van der Waals surface area (Å²) in [4.78, 5) is 28.3. The number of nitrogens with zero attached hydrogens (tertiary/aromatic N) is 2. The van der Waals surface area contributed by atoms with E-state index in [1.54, 1.807) is 24.2 Å². The molecule has 0 spiro atoms. The Morgan fingerprint density at radius 3 is 2.50 bits per heavy atom. The second-order valence-electron chi connectivity index (χ2n) is 9.11. The van der Waals surface area contributed by atoms with Crippen LogP contribution in [0.4, 0.5) is 14.5 Å². The first-order valence-electron chi connectivity index (χ1n) is 12.3. The smallest absolute Gasteiger partial charge is 0.268 e. The maximum Gasteiger partial charge on any atom is 0.268 e. The zero-order chi connectivity index (χ0) is 28.6. The van der Waals surface area contributed by atoms with E-state index in [0.29, 0.717) is 58.5 Å². The molecule has 0 atom stereocenters. The highest BCUT2D eigenvalue weighted by atomic mass is 32.2. The Balaban J connectivity index is 1.68. The summed E-state index contributed by atoms with van der Waals surface area (Å²) < 4.78 is 67.9. The number of pyridine rings is 1. The van der Waals surface area contributed by atoms with Gasteiger partial charge in [-0.25, -0.2) is 17.2 Å². The number of fused-ring (bicyclic) bond motifs is 1. The Hall–Kier alpha value is -3.81. The molecule has 1 amide bonds. The molecule has 2 aromatic carbocycles. The Bertz CT molecular complexity index is 1780. The van der Waals surface area contributed by atoms with E-state index in [4.69, 9.17) is 9.47 Å². The van der Waals surface area contributed by atoms with Crippen molar-refractivity contribution in [2.45, 2.75) is 6.92 Å². The highest BCUT2D eigenvalue weighted by Crippen LogP contribution is 2.41. The molecular weight excluding hydrogens is 564 g/mol. The number of aryl methyl sites for hydroxylation is 1. The molecule has 2 aromatic heterocycles. The zero-order valence-electron chi connectivity index (χ0n) is 21.6. The van der Waals surface area contributed by atoms with Gasteiger partial charge in [-0.2, -0.15) is 0 Å². The third kappa shape index (κ3) is 5.58. The van der Waals surface area contributed by atoms with Gasteiger partial charge in [0.05, 0.1) is 23.8 Å². The number of sulfonamides is 1. The average molecular weight is 590 g/mol. The zero-order valence-corrected chi connectivity index (χ0v) is 23.2. The van der Waals surface area contributed by atoms with Crippen LogP contribution in [0.5, 0.6) is 11.5 Å². The molecule has 0 radical (unpaired) electrons. The topological polar surface area (TPSA) is 107 Å². The van der Waals surface area contributed by atoms with Crippen molar-refractivity contribution in [3.8, 4) is 22.6 Å². The third-order valence-electron chi connectivity index (χ3n) is 6.41. The van der Waals surface area contributed by atoms with Crippen LogP contribution in [-0.2, 0) is 21.8 Å². The van der Waals surface area contributed by atoms with Crippen LogP contribution in [0.1, 0.15) is 16.6 Å². The molecule has 0 bridgehead atoms. The molecule has 13 heteroatoms. The lowest BCUT2D eigenvalue weighted by atomic mass is 10.0. The molecule has 1 aliphatic heterocycles. The summed E-state index contributed by atoms with van der Waals surface area (Å²) in [5, 5.41) is 0.449. The molecule has 0 saturated carbocycles. The van der Waals surface area contributed by atoms with Crippen molar-refractivity contribution in [3.63, 3.8) is 0 Å². The SMILES string of the molecule is CCS(=O)(=O)Nc1ccc(Oc2ccc(F)cc2F)c(-c2cn(C)c(=O)c3sc(C(=O)N4CCOCC4)cc23)c1. The Morgan fingerprint density at radius 1 is 1.07 bits per heavy atom. The maximum absolute atomic E-state index is 14.5. The van der Waals surface area contributed by atoms with E-state index in [9.17, 15) is 26.8 Å². The summed E-state index contributed by atoms with van der Waals surface area (Å²) in [7, 11) is -2.08. The Kier molecular flexibility index (Phi) is 7.62. The first-order valence-corrected chi connectivity index (χ1v) is 14.8. The van der Waals surface area contributed by atoms with E-state index < -0.39 is 21.7 Å². The highest BCUT2D eigenvalue weighted by Gasteiger charge is 2.24.